The third kappa shape index (κ3) is 4.74. The van der Waals surface area contributed by atoms with Gasteiger partial charge in [-0.15, -0.1) is 10.2 Å². The second kappa shape index (κ2) is 8.82. The van der Waals surface area contributed by atoms with Crippen LogP contribution in [0.25, 0.3) is 10.9 Å². The topological polar surface area (TPSA) is 119 Å². The first-order valence-corrected chi connectivity index (χ1v) is 8.94. The number of nitrogens with zero attached hydrogens (tertiary/aromatic N) is 4. The molecule has 0 atom stereocenters. The van der Waals surface area contributed by atoms with Gasteiger partial charge >= 0.3 is 5.97 Å². The highest BCUT2D eigenvalue weighted by molar-refractivity contribution is 7.11. The quantitative estimate of drug-likeness (QED) is 0.185. The fourth-order valence-corrected chi connectivity index (χ4v) is 3.00. The Balaban J connectivity index is 1.65. The van der Waals surface area contributed by atoms with Crippen molar-refractivity contribution in [1.82, 2.24) is 4.37 Å². The van der Waals surface area contributed by atoms with E-state index in [1.165, 1.54) is 12.1 Å². The van der Waals surface area contributed by atoms with Crippen LogP contribution in [0.4, 0.5) is 22.1 Å². The van der Waals surface area contributed by atoms with E-state index in [9.17, 15) is 14.9 Å². The zero-order valence-corrected chi connectivity index (χ0v) is 15.4. The number of rotatable bonds is 8. The van der Waals surface area contributed by atoms with Crippen LogP contribution in [0.5, 0.6) is 0 Å². The van der Waals surface area contributed by atoms with Crippen molar-refractivity contribution >= 4 is 50.5 Å². The Bertz CT molecular complexity index is 1050. The van der Waals surface area contributed by atoms with Crippen LogP contribution in [0.15, 0.2) is 65.5 Å². The Morgan fingerprint density at radius 2 is 2.07 bits per heavy atom. The first-order valence-electron chi connectivity index (χ1n) is 8.16. The van der Waals surface area contributed by atoms with Gasteiger partial charge in [-0.05, 0) is 41.9 Å². The third-order valence-electron chi connectivity index (χ3n) is 3.65. The summed E-state index contributed by atoms with van der Waals surface area (Å²) < 4.78 is 8.85. The van der Waals surface area contributed by atoms with Crippen molar-refractivity contribution < 1.29 is 14.5 Å². The number of hydrogen-bond acceptors (Lipinski definition) is 9. The highest BCUT2D eigenvalue weighted by atomic mass is 32.1. The molecule has 0 spiro atoms. The van der Waals surface area contributed by atoms with E-state index in [2.05, 4.69) is 31.2 Å². The lowest BCUT2D eigenvalue weighted by atomic mass is 10.2. The maximum atomic E-state index is 11.2. The van der Waals surface area contributed by atoms with Gasteiger partial charge in [0.15, 0.2) is 5.00 Å². The van der Waals surface area contributed by atoms with E-state index in [1.807, 2.05) is 12.1 Å². The monoisotopic (exact) mass is 397 g/mol. The minimum absolute atomic E-state index is 0.0171. The Morgan fingerprint density at radius 3 is 2.79 bits per heavy atom. The number of hydrogen-bond donors (Lipinski definition) is 1. The second-order valence-corrected chi connectivity index (χ2v) is 6.28. The molecule has 0 saturated heterocycles. The van der Waals surface area contributed by atoms with Crippen LogP contribution in [-0.4, -0.2) is 21.8 Å². The lowest BCUT2D eigenvalue weighted by molar-refractivity contribution is -0.384. The zero-order valence-electron chi connectivity index (χ0n) is 14.6. The van der Waals surface area contributed by atoms with Crippen molar-refractivity contribution in [3.05, 3.63) is 65.4 Å². The van der Waals surface area contributed by atoms with Gasteiger partial charge in [0, 0.05) is 29.8 Å². The van der Waals surface area contributed by atoms with Gasteiger partial charge < -0.3 is 10.1 Å². The number of carbonyl (C=O) groups excluding carboxylic acids is 1. The van der Waals surface area contributed by atoms with Crippen molar-refractivity contribution in [1.29, 1.82) is 0 Å². The fraction of sp³-hybridized carbons (Fsp3) is 0.111. The normalized spacial score (nSPS) is 10.9. The smallest absolute Gasteiger partial charge is 0.312 e. The van der Waals surface area contributed by atoms with Crippen LogP contribution in [-0.2, 0) is 9.53 Å². The molecule has 0 radical (unpaired) electrons. The van der Waals surface area contributed by atoms with E-state index >= 15 is 0 Å². The van der Waals surface area contributed by atoms with E-state index in [-0.39, 0.29) is 18.1 Å². The van der Waals surface area contributed by atoms with E-state index in [0.29, 0.717) is 28.1 Å². The maximum absolute atomic E-state index is 11.2. The number of benzene rings is 2. The van der Waals surface area contributed by atoms with Crippen molar-refractivity contribution in [3.8, 4) is 0 Å². The maximum Gasteiger partial charge on any atom is 0.312 e. The summed E-state index contributed by atoms with van der Waals surface area (Å²) in [4.78, 5) is 21.7. The van der Waals surface area contributed by atoms with Crippen LogP contribution in [0.2, 0.25) is 0 Å². The number of carbonyl (C=O) groups is 1. The molecular formula is C18H15N5O4S. The number of azo groups is 1. The summed E-state index contributed by atoms with van der Waals surface area (Å²) in [6, 6.07) is 11.6. The number of ether oxygens (including phenoxy) is 1. The van der Waals surface area contributed by atoms with Crippen LogP contribution < -0.4 is 5.32 Å². The molecule has 3 aromatic rings. The Kier molecular flexibility index (Phi) is 6.02. The Morgan fingerprint density at radius 1 is 1.29 bits per heavy atom. The molecule has 1 heterocycles. The minimum Gasteiger partial charge on any atom is -0.435 e. The number of nitro benzene ring substituents is 1. The molecule has 0 aliphatic heterocycles. The van der Waals surface area contributed by atoms with E-state index in [1.54, 1.807) is 18.2 Å². The first-order chi connectivity index (χ1) is 13.6. The zero-order chi connectivity index (χ0) is 19.9. The number of nitro groups is 1. The van der Waals surface area contributed by atoms with Crippen molar-refractivity contribution in [3.63, 3.8) is 0 Å². The molecule has 1 N–H and O–H groups in total. The predicted molar refractivity (Wildman–Crippen MR) is 106 cm³/mol. The number of aromatic nitrogens is 1. The molecule has 28 heavy (non-hydrogen) atoms. The molecule has 0 bridgehead atoms. The molecule has 3 rings (SSSR count). The molecule has 0 unspecified atom stereocenters. The molecule has 0 aliphatic carbocycles. The summed E-state index contributed by atoms with van der Waals surface area (Å²) in [5.41, 5.74) is 2.06. The largest absolute Gasteiger partial charge is 0.435 e. The van der Waals surface area contributed by atoms with Gasteiger partial charge in [-0.1, -0.05) is 6.58 Å². The average molecular weight is 397 g/mol. The van der Waals surface area contributed by atoms with Gasteiger partial charge in [-0.25, -0.2) is 0 Å². The lowest BCUT2D eigenvalue weighted by Crippen LogP contribution is -2.09. The van der Waals surface area contributed by atoms with Crippen LogP contribution in [0.3, 0.4) is 0 Å². The second-order valence-electron chi connectivity index (χ2n) is 5.53. The van der Waals surface area contributed by atoms with Gasteiger partial charge in [-0.2, -0.15) is 4.37 Å². The number of anilines is 1. The standard InChI is InChI=1S/C18H15N5O4S/c1-2-27-17(24)9-10-19-12-3-5-13(6-4-12)20-21-18-15-11-14(23(25)26)7-8-16(15)22-28-18/h2-8,11,19H,1,9-10H2. The summed E-state index contributed by atoms with van der Waals surface area (Å²) in [6.07, 6.45) is 1.32. The van der Waals surface area contributed by atoms with Gasteiger partial charge in [0.2, 0.25) is 0 Å². The van der Waals surface area contributed by atoms with Crippen molar-refractivity contribution in [2.45, 2.75) is 6.42 Å². The molecule has 0 fully saturated rings. The van der Waals surface area contributed by atoms with Crippen molar-refractivity contribution in [2.75, 3.05) is 11.9 Å². The summed E-state index contributed by atoms with van der Waals surface area (Å²) in [5, 5.41) is 23.4. The number of fused-ring (bicyclic) bond motifs is 1. The Hall–Kier alpha value is -3.66. The van der Waals surface area contributed by atoms with Crippen molar-refractivity contribution in [2.24, 2.45) is 10.2 Å². The summed E-state index contributed by atoms with van der Waals surface area (Å²) >= 11 is 1.13. The number of esters is 1. The summed E-state index contributed by atoms with van der Waals surface area (Å²) in [6.45, 7) is 3.76. The molecular weight excluding hydrogens is 382 g/mol. The first kappa shape index (κ1) is 19.1. The average Bonchev–Trinajstić information content (AvgIpc) is 3.10. The lowest BCUT2D eigenvalue weighted by Gasteiger charge is -2.05. The predicted octanol–water partition coefficient (Wildman–Crippen LogP) is 5.11. The molecule has 2 aromatic carbocycles. The minimum atomic E-state index is -0.457. The summed E-state index contributed by atoms with van der Waals surface area (Å²) in [7, 11) is 0. The highest BCUT2D eigenvalue weighted by Crippen LogP contribution is 2.34. The molecule has 9 nitrogen and oxygen atoms in total. The third-order valence-corrected chi connectivity index (χ3v) is 4.41. The molecule has 0 amide bonds. The molecule has 0 aliphatic rings. The van der Waals surface area contributed by atoms with Gasteiger partial charge in [-0.3, -0.25) is 14.9 Å². The summed E-state index contributed by atoms with van der Waals surface area (Å²) in [5.74, 6) is -0.357. The van der Waals surface area contributed by atoms with Crippen LogP contribution in [0.1, 0.15) is 6.42 Å². The molecule has 142 valence electrons. The highest BCUT2D eigenvalue weighted by Gasteiger charge is 2.11. The van der Waals surface area contributed by atoms with Gasteiger partial charge in [0.25, 0.3) is 5.69 Å². The van der Waals surface area contributed by atoms with E-state index in [4.69, 9.17) is 0 Å². The SMILES string of the molecule is C=COC(=O)CCNc1ccc(N=Nc2snc3ccc([N+](=O)[O-])cc23)cc1. The van der Waals surface area contributed by atoms with Gasteiger partial charge in [0.05, 0.1) is 28.8 Å². The molecule has 10 heteroatoms. The number of nitrogens with one attached hydrogen (secondary N) is 1. The van der Waals surface area contributed by atoms with Gasteiger partial charge in [0.1, 0.15) is 0 Å². The van der Waals surface area contributed by atoms with E-state index in [0.717, 1.165) is 23.5 Å². The molecule has 0 saturated carbocycles. The Labute approximate surface area is 163 Å². The van der Waals surface area contributed by atoms with Crippen LogP contribution in [0, 0.1) is 10.1 Å². The fourth-order valence-electron chi connectivity index (χ4n) is 2.31. The van der Waals surface area contributed by atoms with Crippen LogP contribution >= 0.6 is 11.5 Å². The van der Waals surface area contributed by atoms with E-state index < -0.39 is 4.92 Å². The number of non-ortho nitro benzene ring substituents is 1. The molecule has 1 aromatic heterocycles.